The molecular weight excluding hydrogens is 692 g/mol. The van der Waals surface area contributed by atoms with E-state index in [1.807, 2.05) is 0 Å². The van der Waals surface area contributed by atoms with Gasteiger partial charge in [0.2, 0.25) is 5.60 Å². The molecule has 0 bridgehead atoms. The fourth-order valence-electron chi connectivity index (χ4n) is 5.17. The van der Waals surface area contributed by atoms with Gasteiger partial charge in [-0.1, -0.05) is 40.9 Å². The van der Waals surface area contributed by atoms with Gasteiger partial charge in [-0.3, -0.25) is 9.59 Å². The lowest BCUT2D eigenvalue weighted by Gasteiger charge is -2.25. The summed E-state index contributed by atoms with van der Waals surface area (Å²) in [5, 5.41) is 14.5. The van der Waals surface area contributed by atoms with Gasteiger partial charge in [-0.2, -0.15) is 13.2 Å². The summed E-state index contributed by atoms with van der Waals surface area (Å²) in [5.41, 5.74) is -1.08. The highest BCUT2D eigenvalue weighted by molar-refractivity contribution is 6.36. The van der Waals surface area contributed by atoms with Gasteiger partial charge in [0.15, 0.2) is 0 Å². The molecule has 2 amide bonds. The van der Waals surface area contributed by atoms with E-state index in [-0.39, 0.29) is 51.3 Å². The molecule has 250 valence electrons. The second-order valence-corrected chi connectivity index (χ2v) is 12.5. The summed E-state index contributed by atoms with van der Waals surface area (Å²) < 4.78 is 68.9. The number of aryl methyl sites for hydroxylation is 1. The van der Waals surface area contributed by atoms with Crippen molar-refractivity contribution in [2.24, 2.45) is 7.05 Å². The van der Waals surface area contributed by atoms with Crippen LogP contribution in [-0.4, -0.2) is 57.5 Å². The molecule has 0 saturated carbocycles. The lowest BCUT2D eigenvalue weighted by molar-refractivity contribution is -0.245. The van der Waals surface area contributed by atoms with Crippen LogP contribution in [0, 0.1) is 5.82 Å². The van der Waals surface area contributed by atoms with Gasteiger partial charge >= 0.3 is 6.18 Å². The largest absolute Gasteiger partial charge is 0.426 e. The van der Waals surface area contributed by atoms with Crippen LogP contribution in [0.2, 0.25) is 15.1 Å². The number of nitrogens with zero attached hydrogens (tertiary/aromatic N) is 3. The van der Waals surface area contributed by atoms with Crippen LogP contribution in [0.3, 0.4) is 0 Å². The Hall–Kier alpha value is -3.65. The molecule has 0 unspecified atom stereocenters. The van der Waals surface area contributed by atoms with Crippen molar-refractivity contribution in [2.75, 3.05) is 23.3 Å². The van der Waals surface area contributed by atoms with Crippen molar-refractivity contribution in [1.29, 1.82) is 0 Å². The van der Waals surface area contributed by atoms with Gasteiger partial charge < -0.3 is 25.2 Å². The molecule has 3 aromatic carbocycles. The normalized spacial score (nSPS) is 16.4. The summed E-state index contributed by atoms with van der Waals surface area (Å²) in [4.78, 5) is 32.0. The summed E-state index contributed by atoms with van der Waals surface area (Å²) in [6, 6.07) is 9.93. The minimum Gasteiger partial charge on any atom is -0.373 e. The van der Waals surface area contributed by atoms with Gasteiger partial charge in [0.05, 0.1) is 32.3 Å². The van der Waals surface area contributed by atoms with E-state index < -0.39 is 42.1 Å². The zero-order valence-electron chi connectivity index (χ0n) is 24.8. The molecule has 4 aromatic rings. The standard InChI is InChI=1S/C31H27Cl3F5N5O3/c1-30(47,31(37,38)39)29(46)40-13-15-3-5-20(32)18(27(15)34)11-26-42-23-10-19(28(45)41-17-4-6-22(36)21(33)9-17)24(12-25(23)43(26)2)44-8-7-16(35)14-44/h3-6,9-10,12,16,47H,7-8,11,13-14H2,1-2H3,(H,40,46)(H,41,45)/t16-,30+/m1/s1. The smallest absolute Gasteiger partial charge is 0.373 e. The third-order valence-electron chi connectivity index (χ3n) is 8.02. The number of nitrogens with one attached hydrogen (secondary N) is 2. The van der Waals surface area contributed by atoms with Crippen LogP contribution in [0.1, 0.15) is 40.7 Å². The predicted octanol–water partition coefficient (Wildman–Crippen LogP) is 6.99. The zero-order chi connectivity index (χ0) is 34.4. The molecule has 1 aliphatic heterocycles. The van der Waals surface area contributed by atoms with Crippen molar-refractivity contribution in [3.05, 3.63) is 85.9 Å². The molecule has 47 heavy (non-hydrogen) atoms. The number of anilines is 2. The summed E-state index contributed by atoms with van der Waals surface area (Å²) in [7, 11) is 1.72. The Labute approximate surface area is 280 Å². The van der Waals surface area contributed by atoms with Crippen molar-refractivity contribution in [1.82, 2.24) is 14.9 Å². The molecule has 2 atom stereocenters. The maximum absolute atomic E-state index is 14.3. The number of carbonyl (C=O) groups is 2. The maximum Gasteiger partial charge on any atom is 0.426 e. The van der Waals surface area contributed by atoms with E-state index in [4.69, 9.17) is 34.8 Å². The number of rotatable bonds is 8. The molecule has 1 aliphatic rings. The first kappa shape index (κ1) is 34.7. The predicted molar refractivity (Wildman–Crippen MR) is 170 cm³/mol. The molecule has 16 heteroatoms. The average molecular weight is 719 g/mol. The van der Waals surface area contributed by atoms with Crippen LogP contribution in [0.25, 0.3) is 11.0 Å². The minimum atomic E-state index is -5.19. The molecule has 1 saturated heterocycles. The Morgan fingerprint density at radius 3 is 2.45 bits per heavy atom. The van der Waals surface area contributed by atoms with E-state index in [2.05, 4.69) is 15.6 Å². The fraction of sp³-hybridized carbons (Fsp3) is 0.323. The van der Waals surface area contributed by atoms with Crippen LogP contribution in [0.5, 0.6) is 0 Å². The summed E-state index contributed by atoms with van der Waals surface area (Å²) in [5.74, 6) is -2.40. The van der Waals surface area contributed by atoms with E-state index >= 15 is 0 Å². The third kappa shape index (κ3) is 6.99. The highest BCUT2D eigenvalue weighted by Crippen LogP contribution is 2.35. The monoisotopic (exact) mass is 717 g/mol. The number of imidazole rings is 1. The fourth-order valence-corrected chi connectivity index (χ4v) is 5.92. The molecule has 0 spiro atoms. The molecular formula is C31H27Cl3F5N5O3. The summed E-state index contributed by atoms with van der Waals surface area (Å²) in [6.07, 6.45) is -5.94. The second-order valence-electron chi connectivity index (χ2n) is 11.3. The Bertz CT molecular complexity index is 1880. The van der Waals surface area contributed by atoms with Crippen molar-refractivity contribution in [2.45, 2.75) is 44.3 Å². The topological polar surface area (TPSA) is 99.5 Å². The number of carbonyl (C=O) groups excluding carboxylic acids is 2. The van der Waals surface area contributed by atoms with Gasteiger partial charge in [-0.25, -0.2) is 13.8 Å². The number of aromatic nitrogens is 2. The molecule has 5 rings (SSSR count). The lowest BCUT2D eigenvalue weighted by atomic mass is 10.0. The first-order chi connectivity index (χ1) is 22.0. The number of hydrogen-bond donors (Lipinski definition) is 3. The van der Waals surface area contributed by atoms with Gasteiger partial charge in [-0.15, -0.1) is 0 Å². The number of alkyl halides is 4. The molecule has 2 heterocycles. The summed E-state index contributed by atoms with van der Waals surface area (Å²) >= 11 is 18.9. The van der Waals surface area contributed by atoms with E-state index in [1.54, 1.807) is 28.6 Å². The first-order valence-corrected chi connectivity index (χ1v) is 15.3. The molecule has 0 aliphatic carbocycles. The van der Waals surface area contributed by atoms with E-state index in [0.717, 1.165) is 6.07 Å². The van der Waals surface area contributed by atoms with Crippen LogP contribution < -0.4 is 15.5 Å². The van der Waals surface area contributed by atoms with Crippen LogP contribution in [0.15, 0.2) is 42.5 Å². The van der Waals surface area contributed by atoms with Crippen LogP contribution in [-0.2, 0) is 24.8 Å². The van der Waals surface area contributed by atoms with Crippen molar-refractivity contribution in [3.8, 4) is 0 Å². The van der Waals surface area contributed by atoms with Crippen molar-refractivity contribution < 1.29 is 36.6 Å². The van der Waals surface area contributed by atoms with Crippen LogP contribution >= 0.6 is 34.8 Å². The SMILES string of the molecule is Cn1c(Cc2c(Cl)ccc(CNC(=O)[C@](C)(O)C(F)(F)F)c2Cl)nc2cc(C(=O)Nc3ccc(F)c(Cl)c3)c(N3CC[C@@H](F)C3)cc21. The number of hydrogen-bond acceptors (Lipinski definition) is 5. The Morgan fingerprint density at radius 2 is 1.81 bits per heavy atom. The summed E-state index contributed by atoms with van der Waals surface area (Å²) in [6.45, 7) is 0.364. The number of halogens is 8. The van der Waals surface area contributed by atoms with Gasteiger partial charge in [0.25, 0.3) is 11.8 Å². The quantitative estimate of drug-likeness (QED) is 0.171. The molecule has 0 radical (unpaired) electrons. The van der Waals surface area contributed by atoms with Gasteiger partial charge in [0.1, 0.15) is 17.8 Å². The highest BCUT2D eigenvalue weighted by atomic mass is 35.5. The number of benzene rings is 3. The van der Waals surface area contributed by atoms with E-state index in [9.17, 15) is 36.6 Å². The van der Waals surface area contributed by atoms with E-state index in [1.165, 1.54) is 24.3 Å². The first-order valence-electron chi connectivity index (χ1n) is 14.2. The Kier molecular flexibility index (Phi) is 9.66. The Balaban J connectivity index is 1.47. The van der Waals surface area contributed by atoms with Crippen LogP contribution in [0.4, 0.5) is 33.3 Å². The number of aliphatic hydroxyl groups is 1. The van der Waals surface area contributed by atoms with Crippen molar-refractivity contribution in [3.63, 3.8) is 0 Å². The number of fused-ring (bicyclic) bond motifs is 1. The molecule has 1 fully saturated rings. The second kappa shape index (κ2) is 13.1. The zero-order valence-corrected chi connectivity index (χ0v) is 27.1. The van der Waals surface area contributed by atoms with Crippen molar-refractivity contribution >= 4 is 69.0 Å². The average Bonchev–Trinajstić information content (AvgIpc) is 3.57. The number of amides is 2. The van der Waals surface area contributed by atoms with Gasteiger partial charge in [0, 0.05) is 43.8 Å². The minimum absolute atomic E-state index is 0.0477. The lowest BCUT2D eigenvalue weighted by Crippen LogP contribution is -2.54. The third-order valence-corrected chi connectivity index (χ3v) is 9.13. The molecule has 3 N–H and O–H groups in total. The maximum atomic E-state index is 14.3. The Morgan fingerprint density at radius 1 is 1.09 bits per heavy atom. The van der Waals surface area contributed by atoms with Gasteiger partial charge in [-0.05, 0) is 60.9 Å². The van der Waals surface area contributed by atoms with E-state index in [0.29, 0.717) is 41.6 Å². The molecule has 1 aromatic heterocycles. The molecule has 8 nitrogen and oxygen atoms in total. The highest BCUT2D eigenvalue weighted by Gasteiger charge is 2.55.